The van der Waals surface area contributed by atoms with E-state index in [2.05, 4.69) is 91.2 Å². The van der Waals surface area contributed by atoms with Gasteiger partial charge in [0.15, 0.2) is 8.24 Å². The van der Waals surface area contributed by atoms with Crippen molar-refractivity contribution < 1.29 is 0 Å². The summed E-state index contributed by atoms with van der Waals surface area (Å²) in [6.45, 7) is 25.4. The molecule has 0 saturated heterocycles. The Bertz CT molecular complexity index is 814. The first-order chi connectivity index (χ1) is 15.4. The predicted molar refractivity (Wildman–Crippen MR) is 149 cm³/mol. The van der Waals surface area contributed by atoms with Gasteiger partial charge in [0, 0.05) is 11.2 Å². The molecule has 0 bridgehead atoms. The number of aryl methyl sites for hydroxylation is 2. The number of nitrogens with zero attached hydrogens (tertiary/aromatic N) is 1. The Kier molecular flexibility index (Phi) is 6.93. The van der Waals surface area contributed by atoms with E-state index in [9.17, 15) is 0 Å². The first-order valence-corrected chi connectivity index (χ1v) is 17.3. The molecule has 0 aliphatic heterocycles. The minimum atomic E-state index is -1.82. The molecule has 3 saturated carbocycles. The molecule has 4 rings (SSSR count). The molecule has 7 unspecified atom stereocenters. The highest BCUT2D eigenvalue weighted by molar-refractivity contribution is 6.82. The van der Waals surface area contributed by atoms with Crippen molar-refractivity contribution in [3.05, 3.63) is 29.3 Å². The van der Waals surface area contributed by atoms with Gasteiger partial charge in [-0.25, -0.2) is 0 Å². The summed E-state index contributed by atoms with van der Waals surface area (Å²) < 4.78 is 3.00. The van der Waals surface area contributed by atoms with Crippen LogP contribution < -0.4 is 4.57 Å². The third-order valence-electron chi connectivity index (χ3n) is 10.4. The van der Waals surface area contributed by atoms with Crippen molar-refractivity contribution in [1.82, 2.24) is 0 Å². The van der Waals surface area contributed by atoms with Crippen LogP contribution in [0.3, 0.4) is 0 Å². The molecule has 3 aliphatic carbocycles. The van der Waals surface area contributed by atoms with E-state index in [-0.39, 0.29) is 5.54 Å². The third-order valence-corrected chi connectivity index (χ3v) is 15.0. The highest BCUT2D eigenvalue weighted by atomic mass is 28.3. The summed E-state index contributed by atoms with van der Waals surface area (Å²) in [7, 11) is -1.82. The van der Waals surface area contributed by atoms with Gasteiger partial charge in [-0.1, -0.05) is 71.3 Å². The minimum absolute atomic E-state index is 0.139. The van der Waals surface area contributed by atoms with E-state index in [1.165, 1.54) is 49.7 Å². The number of anilines is 1. The van der Waals surface area contributed by atoms with E-state index in [0.717, 1.165) is 47.0 Å². The topological polar surface area (TPSA) is 3.24 Å². The number of para-hydroxylation sites is 1. The molecule has 3 aliphatic rings. The van der Waals surface area contributed by atoms with Crippen LogP contribution in [0, 0.1) is 55.3 Å². The van der Waals surface area contributed by atoms with Crippen LogP contribution in [0.2, 0.25) is 18.6 Å². The van der Waals surface area contributed by atoms with Crippen LogP contribution in [-0.4, -0.2) is 13.8 Å². The van der Waals surface area contributed by atoms with Crippen LogP contribution in [0.5, 0.6) is 0 Å². The van der Waals surface area contributed by atoms with E-state index in [0.29, 0.717) is 0 Å². The van der Waals surface area contributed by atoms with Crippen LogP contribution in [0.1, 0.15) is 91.2 Å². The zero-order valence-electron chi connectivity index (χ0n) is 23.5. The molecule has 0 spiro atoms. The third kappa shape index (κ3) is 4.25. The van der Waals surface area contributed by atoms with Gasteiger partial charge in [0.2, 0.25) is 0 Å². The summed E-state index contributed by atoms with van der Waals surface area (Å²) in [6, 6.07) is 6.93. The first kappa shape index (κ1) is 25.3. The highest BCUT2D eigenvalue weighted by Gasteiger charge is 2.61. The summed E-state index contributed by atoms with van der Waals surface area (Å²) in [6.07, 6.45) is 9.06. The standard InChI is InChI=1S/C31H53NSi/c1-20(2)27-23(5)30(26-19-18-24-16-11-12-17-25(24)28(26)27)33(9,10)32(31(6,7)8)29-21(3)14-13-15-22(29)4/h13-15,20,23-28,30H,11-12,16-19H2,1-10H3. The fourth-order valence-electron chi connectivity index (χ4n) is 10.0. The Morgan fingerprint density at radius 3 is 2.09 bits per heavy atom. The van der Waals surface area contributed by atoms with Crippen LogP contribution in [0.15, 0.2) is 18.2 Å². The Labute approximate surface area is 207 Å². The van der Waals surface area contributed by atoms with E-state index in [1.54, 1.807) is 5.69 Å². The monoisotopic (exact) mass is 467 g/mol. The molecule has 3 fully saturated rings. The molecule has 33 heavy (non-hydrogen) atoms. The number of hydrogen-bond acceptors (Lipinski definition) is 1. The van der Waals surface area contributed by atoms with Gasteiger partial charge in [-0.3, -0.25) is 0 Å². The SMILES string of the molecule is Cc1cccc(C)c1N(C(C)(C)C)[Si](C)(C)C1C(C)C(C(C)C)C2C3CCCCC3CCC21. The number of rotatable bonds is 4. The Balaban J connectivity index is 1.81. The highest BCUT2D eigenvalue weighted by Crippen LogP contribution is 2.65. The van der Waals surface area contributed by atoms with Crippen molar-refractivity contribution in [2.24, 2.45) is 41.4 Å². The van der Waals surface area contributed by atoms with Gasteiger partial charge in [0.05, 0.1) is 0 Å². The number of hydrogen-bond donors (Lipinski definition) is 0. The van der Waals surface area contributed by atoms with Crippen LogP contribution in [0.4, 0.5) is 5.69 Å². The van der Waals surface area contributed by atoms with Gasteiger partial charge in [0.25, 0.3) is 0 Å². The quantitative estimate of drug-likeness (QED) is 0.399. The largest absolute Gasteiger partial charge is 0.393 e. The van der Waals surface area contributed by atoms with Crippen molar-refractivity contribution in [1.29, 1.82) is 0 Å². The lowest BCUT2D eigenvalue weighted by molar-refractivity contribution is 0.0320. The maximum atomic E-state index is 3.00. The molecule has 1 nitrogen and oxygen atoms in total. The number of fused-ring (bicyclic) bond motifs is 3. The Hall–Kier alpha value is -0.763. The Morgan fingerprint density at radius 1 is 0.909 bits per heavy atom. The van der Waals surface area contributed by atoms with Crippen molar-refractivity contribution in [2.45, 2.75) is 118 Å². The van der Waals surface area contributed by atoms with Crippen molar-refractivity contribution in [3.63, 3.8) is 0 Å². The second kappa shape index (κ2) is 9.03. The average Bonchev–Trinajstić information content (AvgIpc) is 3.02. The van der Waals surface area contributed by atoms with Crippen molar-refractivity contribution in [3.8, 4) is 0 Å². The van der Waals surface area contributed by atoms with Crippen LogP contribution in [0.25, 0.3) is 0 Å². The number of benzene rings is 1. The summed E-state index contributed by atoms with van der Waals surface area (Å²) in [5, 5.41) is 0. The normalized spacial score (nSPS) is 34.8. The lowest BCUT2D eigenvalue weighted by Crippen LogP contribution is -2.62. The molecule has 0 radical (unpaired) electrons. The van der Waals surface area contributed by atoms with Gasteiger partial charge in [0.1, 0.15) is 0 Å². The first-order valence-electron chi connectivity index (χ1n) is 14.2. The van der Waals surface area contributed by atoms with Crippen LogP contribution >= 0.6 is 0 Å². The van der Waals surface area contributed by atoms with Gasteiger partial charge < -0.3 is 4.57 Å². The molecule has 1 aromatic carbocycles. The Morgan fingerprint density at radius 2 is 1.52 bits per heavy atom. The van der Waals surface area contributed by atoms with E-state index in [4.69, 9.17) is 0 Å². The molecule has 186 valence electrons. The lowest BCUT2D eigenvalue weighted by atomic mass is 9.59. The summed E-state index contributed by atoms with van der Waals surface area (Å²) in [5.74, 6) is 6.55. The molecule has 0 aromatic heterocycles. The van der Waals surface area contributed by atoms with Gasteiger partial charge in [-0.2, -0.15) is 0 Å². The maximum absolute atomic E-state index is 3.00. The fraction of sp³-hybridized carbons (Fsp3) is 0.806. The van der Waals surface area contributed by atoms with E-state index < -0.39 is 8.24 Å². The summed E-state index contributed by atoms with van der Waals surface area (Å²) >= 11 is 0. The van der Waals surface area contributed by atoms with Gasteiger partial charge >= 0.3 is 0 Å². The smallest absolute Gasteiger partial charge is 0.154 e. The van der Waals surface area contributed by atoms with Gasteiger partial charge in [-0.05, 0) is 112 Å². The molecule has 2 heteroatoms. The van der Waals surface area contributed by atoms with Crippen molar-refractivity contribution >= 4 is 13.9 Å². The molecule has 0 amide bonds. The molecule has 7 atom stereocenters. The molecule has 0 N–H and O–H groups in total. The molecule has 1 aromatic rings. The fourth-order valence-corrected chi connectivity index (χ4v) is 15.9. The zero-order chi connectivity index (χ0) is 24.3. The summed E-state index contributed by atoms with van der Waals surface area (Å²) in [4.78, 5) is 0. The minimum Gasteiger partial charge on any atom is -0.393 e. The second-order valence-electron chi connectivity index (χ2n) is 14.1. The second-order valence-corrected chi connectivity index (χ2v) is 18.6. The average molecular weight is 468 g/mol. The van der Waals surface area contributed by atoms with Gasteiger partial charge in [-0.15, -0.1) is 0 Å². The molecule has 0 heterocycles. The molecular formula is C31H53NSi. The predicted octanol–water partition coefficient (Wildman–Crippen LogP) is 9.24. The van der Waals surface area contributed by atoms with Crippen LogP contribution in [-0.2, 0) is 0 Å². The summed E-state index contributed by atoms with van der Waals surface area (Å²) in [5.41, 5.74) is 5.49. The lowest BCUT2D eigenvalue weighted by Gasteiger charge is -2.55. The van der Waals surface area contributed by atoms with E-state index >= 15 is 0 Å². The van der Waals surface area contributed by atoms with Crippen molar-refractivity contribution in [2.75, 3.05) is 4.57 Å². The van der Waals surface area contributed by atoms with E-state index in [1.807, 2.05) is 0 Å². The zero-order valence-corrected chi connectivity index (χ0v) is 24.5. The molecular weight excluding hydrogens is 414 g/mol. The maximum Gasteiger partial charge on any atom is 0.154 e.